The molecule has 104 valence electrons. The van der Waals surface area contributed by atoms with Crippen LogP contribution in [0.25, 0.3) is 0 Å². The number of rotatable bonds is 5. The zero-order valence-corrected chi connectivity index (χ0v) is 10.7. The van der Waals surface area contributed by atoms with Crippen molar-refractivity contribution in [1.82, 2.24) is 4.31 Å². The Morgan fingerprint density at radius 2 is 2.17 bits per heavy atom. The highest BCUT2D eigenvalue weighted by Crippen LogP contribution is 2.14. The smallest absolute Gasteiger partial charge is 0.324 e. The number of esters is 1. The summed E-state index contributed by atoms with van der Waals surface area (Å²) < 4.78 is 34.0. The molecule has 0 amide bonds. The van der Waals surface area contributed by atoms with E-state index in [9.17, 15) is 18.0 Å². The Morgan fingerprint density at radius 1 is 1.50 bits per heavy atom. The minimum absolute atomic E-state index is 0.0273. The van der Waals surface area contributed by atoms with Crippen LogP contribution < -0.4 is 0 Å². The summed E-state index contributed by atoms with van der Waals surface area (Å²) in [4.78, 5) is 21.8. The lowest BCUT2D eigenvalue weighted by Crippen LogP contribution is -2.53. The van der Waals surface area contributed by atoms with Gasteiger partial charge in [0, 0.05) is 6.54 Å². The lowest BCUT2D eigenvalue weighted by atomic mass is 10.3. The minimum Gasteiger partial charge on any atom is -0.480 e. The monoisotopic (exact) mass is 281 g/mol. The fraction of sp³-hybridized carbons (Fsp3) is 0.778. The number of carbonyl (C=O) groups excluding carboxylic acids is 1. The third-order valence-electron chi connectivity index (χ3n) is 2.51. The van der Waals surface area contributed by atoms with Gasteiger partial charge in [-0.25, -0.2) is 8.42 Å². The molecule has 1 fully saturated rings. The van der Waals surface area contributed by atoms with Crippen LogP contribution in [0, 0.1) is 0 Å². The van der Waals surface area contributed by atoms with Crippen molar-refractivity contribution >= 4 is 22.0 Å². The first-order chi connectivity index (χ1) is 8.38. The first-order valence-electron chi connectivity index (χ1n) is 5.25. The molecular weight excluding hydrogens is 266 g/mol. The van der Waals surface area contributed by atoms with Crippen molar-refractivity contribution in [2.75, 3.05) is 32.6 Å². The zero-order chi connectivity index (χ0) is 13.8. The van der Waals surface area contributed by atoms with Crippen LogP contribution in [0.3, 0.4) is 0 Å². The Morgan fingerprint density at radius 3 is 2.72 bits per heavy atom. The summed E-state index contributed by atoms with van der Waals surface area (Å²) in [5.41, 5.74) is 0. The van der Waals surface area contributed by atoms with Gasteiger partial charge < -0.3 is 14.6 Å². The summed E-state index contributed by atoms with van der Waals surface area (Å²) in [6, 6.07) is -1.23. The van der Waals surface area contributed by atoms with E-state index in [0.29, 0.717) is 0 Å². The number of aliphatic carboxylic acids is 1. The molecule has 0 aliphatic carbocycles. The van der Waals surface area contributed by atoms with Crippen molar-refractivity contribution in [2.24, 2.45) is 0 Å². The number of nitrogens with zero attached hydrogens (tertiary/aromatic N) is 1. The van der Waals surface area contributed by atoms with Crippen LogP contribution in [-0.2, 0) is 29.1 Å². The van der Waals surface area contributed by atoms with Gasteiger partial charge in [-0.1, -0.05) is 0 Å². The molecule has 18 heavy (non-hydrogen) atoms. The van der Waals surface area contributed by atoms with E-state index in [-0.39, 0.29) is 26.2 Å². The second-order valence-corrected chi connectivity index (χ2v) is 5.72. The van der Waals surface area contributed by atoms with Gasteiger partial charge in [-0.2, -0.15) is 4.31 Å². The van der Waals surface area contributed by atoms with Crippen molar-refractivity contribution in [3.05, 3.63) is 0 Å². The fourth-order valence-electron chi connectivity index (χ4n) is 1.55. The fourth-order valence-corrected chi connectivity index (χ4v) is 3.10. The van der Waals surface area contributed by atoms with E-state index in [0.717, 1.165) is 11.4 Å². The second kappa shape index (κ2) is 6.12. The quantitative estimate of drug-likeness (QED) is 0.621. The summed E-state index contributed by atoms with van der Waals surface area (Å²) in [5, 5.41) is 8.92. The second-order valence-electron chi connectivity index (χ2n) is 3.68. The molecule has 9 heteroatoms. The van der Waals surface area contributed by atoms with Gasteiger partial charge in [0.25, 0.3) is 0 Å². The number of sulfonamides is 1. The number of carboxylic acids is 1. The van der Waals surface area contributed by atoms with Gasteiger partial charge >= 0.3 is 11.9 Å². The molecule has 1 N–H and O–H groups in total. The highest BCUT2D eigenvalue weighted by Gasteiger charge is 2.37. The van der Waals surface area contributed by atoms with Gasteiger partial charge in [0.2, 0.25) is 10.0 Å². The molecule has 1 heterocycles. The van der Waals surface area contributed by atoms with E-state index in [1.54, 1.807) is 0 Å². The van der Waals surface area contributed by atoms with Crippen LogP contribution >= 0.6 is 0 Å². The number of morpholine rings is 1. The average molecular weight is 281 g/mol. The van der Waals surface area contributed by atoms with Crippen LogP contribution in [0.4, 0.5) is 0 Å². The number of carbonyl (C=O) groups is 2. The molecular formula is C9H15NO7S. The van der Waals surface area contributed by atoms with Crippen LogP contribution in [0.5, 0.6) is 0 Å². The number of methoxy groups -OCH3 is 1. The molecule has 0 bridgehead atoms. The Balaban J connectivity index is 2.75. The number of hydrogen-bond donors (Lipinski definition) is 1. The third kappa shape index (κ3) is 3.65. The van der Waals surface area contributed by atoms with Crippen molar-refractivity contribution < 1.29 is 32.6 Å². The summed E-state index contributed by atoms with van der Waals surface area (Å²) in [6.45, 7) is -0.0749. The molecule has 8 nitrogen and oxygen atoms in total. The molecule has 0 aromatic heterocycles. The van der Waals surface area contributed by atoms with Crippen LogP contribution in [0.15, 0.2) is 0 Å². The standard InChI is InChI=1S/C9H15NO7S/c1-16-8(11)2-5-18(14,15)10-3-4-17-6-7(10)9(12)13/h7H,2-6H2,1H3,(H,12,13). The zero-order valence-electron chi connectivity index (χ0n) is 9.87. The molecule has 1 unspecified atom stereocenters. The average Bonchev–Trinajstić information content (AvgIpc) is 2.36. The van der Waals surface area contributed by atoms with Crippen molar-refractivity contribution in [1.29, 1.82) is 0 Å². The minimum atomic E-state index is -3.81. The lowest BCUT2D eigenvalue weighted by Gasteiger charge is -2.31. The maximum absolute atomic E-state index is 11.9. The SMILES string of the molecule is COC(=O)CCS(=O)(=O)N1CCOCC1C(=O)O. The van der Waals surface area contributed by atoms with Crippen LogP contribution in [-0.4, -0.2) is 68.4 Å². The summed E-state index contributed by atoms with van der Waals surface area (Å²) >= 11 is 0. The number of carboxylic acid groups (broad SMARTS) is 1. The first kappa shape index (κ1) is 14.9. The van der Waals surface area contributed by atoms with Crippen molar-refractivity contribution in [3.8, 4) is 0 Å². The predicted molar refractivity (Wildman–Crippen MR) is 59.4 cm³/mol. The Bertz CT molecular complexity index is 419. The summed E-state index contributed by atoms with van der Waals surface area (Å²) in [5.74, 6) is -2.39. The van der Waals surface area contributed by atoms with Gasteiger partial charge in [0.15, 0.2) is 0 Å². The maximum atomic E-state index is 11.9. The van der Waals surface area contributed by atoms with Crippen LogP contribution in [0.1, 0.15) is 6.42 Å². The Hall–Kier alpha value is -1.19. The normalized spacial score (nSPS) is 21.5. The van der Waals surface area contributed by atoms with Gasteiger partial charge in [0.05, 0.1) is 32.5 Å². The molecule has 1 aliphatic rings. The van der Waals surface area contributed by atoms with E-state index in [4.69, 9.17) is 9.84 Å². The van der Waals surface area contributed by atoms with Gasteiger partial charge in [-0.05, 0) is 0 Å². The van der Waals surface area contributed by atoms with Crippen molar-refractivity contribution in [3.63, 3.8) is 0 Å². The number of ether oxygens (including phenoxy) is 2. The molecule has 1 saturated heterocycles. The Labute approximate surface area is 105 Å². The lowest BCUT2D eigenvalue weighted by molar-refractivity contribution is -0.146. The van der Waals surface area contributed by atoms with Gasteiger partial charge in [0.1, 0.15) is 6.04 Å². The van der Waals surface area contributed by atoms with Crippen molar-refractivity contribution in [2.45, 2.75) is 12.5 Å². The van der Waals surface area contributed by atoms with Gasteiger partial charge in [-0.15, -0.1) is 0 Å². The molecule has 1 atom stereocenters. The summed E-state index contributed by atoms with van der Waals surface area (Å²) in [6.07, 6.45) is -0.303. The van der Waals surface area contributed by atoms with Gasteiger partial charge in [-0.3, -0.25) is 9.59 Å². The van der Waals surface area contributed by atoms with E-state index in [2.05, 4.69) is 4.74 Å². The largest absolute Gasteiger partial charge is 0.480 e. The Kier molecular flexibility index (Phi) is 5.05. The number of hydrogen-bond acceptors (Lipinski definition) is 6. The molecule has 1 aliphatic heterocycles. The molecule has 0 spiro atoms. The maximum Gasteiger partial charge on any atom is 0.324 e. The van der Waals surface area contributed by atoms with E-state index < -0.39 is 33.8 Å². The highest BCUT2D eigenvalue weighted by atomic mass is 32.2. The predicted octanol–water partition coefficient (Wildman–Crippen LogP) is -1.34. The highest BCUT2D eigenvalue weighted by molar-refractivity contribution is 7.89. The molecule has 0 radical (unpaired) electrons. The molecule has 0 saturated carbocycles. The first-order valence-corrected chi connectivity index (χ1v) is 6.86. The molecule has 1 rings (SSSR count). The third-order valence-corrected chi connectivity index (χ3v) is 4.39. The molecule has 0 aromatic rings. The van der Waals surface area contributed by atoms with E-state index >= 15 is 0 Å². The molecule has 0 aromatic carbocycles. The van der Waals surface area contributed by atoms with E-state index in [1.165, 1.54) is 0 Å². The summed E-state index contributed by atoms with van der Waals surface area (Å²) in [7, 11) is -2.65. The topological polar surface area (TPSA) is 110 Å². The van der Waals surface area contributed by atoms with Crippen LogP contribution in [0.2, 0.25) is 0 Å². The van der Waals surface area contributed by atoms with E-state index in [1.807, 2.05) is 0 Å².